The largest absolute Gasteiger partial charge is 0.493 e. The van der Waals surface area contributed by atoms with E-state index in [-0.39, 0.29) is 0 Å². The molecule has 1 heterocycles. The van der Waals surface area contributed by atoms with Crippen molar-refractivity contribution in [3.8, 4) is 5.75 Å². The van der Waals surface area contributed by atoms with E-state index in [1.165, 1.54) is 44.5 Å². The Morgan fingerprint density at radius 2 is 1.88 bits per heavy atom. The molecule has 0 amide bonds. The predicted molar refractivity (Wildman–Crippen MR) is 71.6 cm³/mol. The molecule has 0 spiro atoms. The first-order valence-corrected chi connectivity index (χ1v) is 6.77. The molecule has 1 aromatic carbocycles. The highest BCUT2D eigenvalue weighted by Crippen LogP contribution is 2.16. The van der Waals surface area contributed by atoms with Gasteiger partial charge in [-0.2, -0.15) is 0 Å². The average molecular weight is 233 g/mol. The standard InChI is InChI=1S/C15H23NO/c1-14-8-3-4-9-15(14)17-13-7-12-16-10-5-2-6-11-16/h3-4,8-9H,2,5-7,10-13H2,1H3. The normalized spacial score (nSPS) is 17.0. The Kier molecular flexibility index (Phi) is 4.87. The molecule has 1 saturated heterocycles. The smallest absolute Gasteiger partial charge is 0.122 e. The molecule has 1 fully saturated rings. The summed E-state index contributed by atoms with van der Waals surface area (Å²) in [5.74, 6) is 1.03. The zero-order valence-corrected chi connectivity index (χ0v) is 10.8. The summed E-state index contributed by atoms with van der Waals surface area (Å²) in [4.78, 5) is 2.56. The first kappa shape index (κ1) is 12.4. The van der Waals surface area contributed by atoms with Crippen LogP contribution in [-0.4, -0.2) is 31.1 Å². The van der Waals surface area contributed by atoms with Crippen molar-refractivity contribution < 1.29 is 4.74 Å². The molecule has 0 aromatic heterocycles. The summed E-state index contributed by atoms with van der Waals surface area (Å²) in [6.07, 6.45) is 5.29. The number of ether oxygens (including phenoxy) is 1. The van der Waals surface area contributed by atoms with Crippen LogP contribution in [0.4, 0.5) is 0 Å². The summed E-state index contributed by atoms with van der Waals surface area (Å²) >= 11 is 0. The lowest BCUT2D eigenvalue weighted by Crippen LogP contribution is -2.31. The zero-order chi connectivity index (χ0) is 11.9. The van der Waals surface area contributed by atoms with Gasteiger partial charge in [0.05, 0.1) is 6.61 Å². The van der Waals surface area contributed by atoms with E-state index in [0.29, 0.717) is 0 Å². The quantitative estimate of drug-likeness (QED) is 0.724. The Labute approximate surface area is 105 Å². The molecule has 0 aliphatic carbocycles. The first-order valence-electron chi connectivity index (χ1n) is 6.77. The van der Waals surface area contributed by atoms with Gasteiger partial charge in [0.15, 0.2) is 0 Å². The Hall–Kier alpha value is -1.02. The summed E-state index contributed by atoms with van der Waals surface area (Å²) in [5, 5.41) is 0. The van der Waals surface area contributed by atoms with Gasteiger partial charge in [0.1, 0.15) is 5.75 Å². The highest BCUT2D eigenvalue weighted by molar-refractivity contribution is 5.31. The number of likely N-dealkylation sites (tertiary alicyclic amines) is 1. The monoisotopic (exact) mass is 233 g/mol. The van der Waals surface area contributed by atoms with Gasteiger partial charge in [-0.15, -0.1) is 0 Å². The number of benzene rings is 1. The molecular formula is C15H23NO. The van der Waals surface area contributed by atoms with Gasteiger partial charge in [-0.25, -0.2) is 0 Å². The van der Waals surface area contributed by atoms with Crippen LogP contribution in [0.25, 0.3) is 0 Å². The van der Waals surface area contributed by atoms with Crippen molar-refractivity contribution in [1.82, 2.24) is 4.90 Å². The van der Waals surface area contributed by atoms with E-state index >= 15 is 0 Å². The van der Waals surface area contributed by atoms with Gasteiger partial charge in [0, 0.05) is 6.54 Å². The third-order valence-corrected chi connectivity index (χ3v) is 3.42. The van der Waals surface area contributed by atoms with Crippen LogP contribution in [0.3, 0.4) is 0 Å². The molecule has 2 nitrogen and oxygen atoms in total. The third kappa shape index (κ3) is 4.04. The van der Waals surface area contributed by atoms with Gasteiger partial charge < -0.3 is 9.64 Å². The van der Waals surface area contributed by atoms with Crippen LogP contribution in [0.1, 0.15) is 31.2 Å². The molecule has 17 heavy (non-hydrogen) atoms. The fourth-order valence-electron chi connectivity index (χ4n) is 2.37. The number of piperidine rings is 1. The van der Waals surface area contributed by atoms with Crippen molar-refractivity contribution in [1.29, 1.82) is 0 Å². The summed E-state index contributed by atoms with van der Waals surface area (Å²) in [7, 11) is 0. The Morgan fingerprint density at radius 3 is 2.65 bits per heavy atom. The minimum Gasteiger partial charge on any atom is -0.493 e. The fraction of sp³-hybridized carbons (Fsp3) is 0.600. The summed E-state index contributed by atoms with van der Waals surface area (Å²) in [6, 6.07) is 8.24. The molecule has 0 radical (unpaired) electrons. The van der Waals surface area contributed by atoms with Crippen LogP contribution < -0.4 is 4.74 Å². The van der Waals surface area contributed by atoms with Crippen molar-refractivity contribution in [2.24, 2.45) is 0 Å². The van der Waals surface area contributed by atoms with Crippen LogP contribution >= 0.6 is 0 Å². The van der Waals surface area contributed by atoms with Crippen molar-refractivity contribution in [3.05, 3.63) is 29.8 Å². The number of aryl methyl sites for hydroxylation is 1. The Balaban J connectivity index is 1.64. The zero-order valence-electron chi connectivity index (χ0n) is 10.8. The molecule has 0 saturated carbocycles. The van der Waals surface area contributed by atoms with E-state index in [4.69, 9.17) is 4.74 Å². The number of para-hydroxylation sites is 1. The lowest BCUT2D eigenvalue weighted by molar-refractivity contribution is 0.204. The first-order chi connectivity index (χ1) is 8.36. The number of rotatable bonds is 5. The summed E-state index contributed by atoms with van der Waals surface area (Å²) in [5.41, 5.74) is 1.23. The van der Waals surface area contributed by atoms with E-state index in [2.05, 4.69) is 30.0 Å². The maximum atomic E-state index is 5.80. The molecule has 0 bridgehead atoms. The number of nitrogens with zero attached hydrogens (tertiary/aromatic N) is 1. The van der Waals surface area contributed by atoms with Crippen LogP contribution in [0.2, 0.25) is 0 Å². The van der Waals surface area contributed by atoms with Crippen LogP contribution in [-0.2, 0) is 0 Å². The van der Waals surface area contributed by atoms with Crippen LogP contribution in [0.5, 0.6) is 5.75 Å². The molecule has 0 atom stereocenters. The second kappa shape index (κ2) is 6.65. The minimum atomic E-state index is 0.835. The lowest BCUT2D eigenvalue weighted by Gasteiger charge is -2.26. The predicted octanol–water partition coefficient (Wildman–Crippen LogP) is 3.25. The molecule has 0 N–H and O–H groups in total. The van der Waals surface area contributed by atoms with E-state index < -0.39 is 0 Å². The van der Waals surface area contributed by atoms with Gasteiger partial charge in [0.2, 0.25) is 0 Å². The van der Waals surface area contributed by atoms with Gasteiger partial charge >= 0.3 is 0 Å². The maximum absolute atomic E-state index is 5.80. The molecule has 94 valence electrons. The lowest BCUT2D eigenvalue weighted by atomic mass is 10.1. The second-order valence-electron chi connectivity index (χ2n) is 4.87. The minimum absolute atomic E-state index is 0.835. The molecule has 2 rings (SSSR count). The SMILES string of the molecule is Cc1ccccc1OCCCN1CCCCC1. The molecule has 0 unspecified atom stereocenters. The topological polar surface area (TPSA) is 12.5 Å². The van der Waals surface area contributed by atoms with Crippen molar-refractivity contribution in [2.75, 3.05) is 26.2 Å². The Bertz CT molecular complexity index is 331. The molecule has 1 aromatic rings. The second-order valence-corrected chi connectivity index (χ2v) is 4.87. The van der Waals surface area contributed by atoms with Gasteiger partial charge in [-0.1, -0.05) is 24.6 Å². The maximum Gasteiger partial charge on any atom is 0.122 e. The van der Waals surface area contributed by atoms with E-state index in [1.54, 1.807) is 0 Å². The van der Waals surface area contributed by atoms with Crippen molar-refractivity contribution in [3.63, 3.8) is 0 Å². The van der Waals surface area contributed by atoms with Crippen molar-refractivity contribution >= 4 is 0 Å². The summed E-state index contributed by atoms with van der Waals surface area (Å²) < 4.78 is 5.80. The van der Waals surface area contributed by atoms with Gasteiger partial charge in [0.25, 0.3) is 0 Å². The Morgan fingerprint density at radius 1 is 1.12 bits per heavy atom. The average Bonchev–Trinajstić information content (AvgIpc) is 2.38. The van der Waals surface area contributed by atoms with E-state index in [1.807, 2.05) is 6.07 Å². The van der Waals surface area contributed by atoms with Crippen molar-refractivity contribution in [2.45, 2.75) is 32.6 Å². The van der Waals surface area contributed by atoms with Crippen LogP contribution in [0, 0.1) is 6.92 Å². The number of hydrogen-bond donors (Lipinski definition) is 0. The molecular weight excluding hydrogens is 210 g/mol. The summed E-state index contributed by atoms with van der Waals surface area (Å²) in [6.45, 7) is 6.68. The van der Waals surface area contributed by atoms with E-state index in [0.717, 1.165) is 18.8 Å². The molecule has 1 aliphatic heterocycles. The number of hydrogen-bond acceptors (Lipinski definition) is 2. The molecule has 1 aliphatic rings. The highest BCUT2D eigenvalue weighted by atomic mass is 16.5. The van der Waals surface area contributed by atoms with E-state index in [9.17, 15) is 0 Å². The van der Waals surface area contributed by atoms with Crippen LogP contribution in [0.15, 0.2) is 24.3 Å². The fourth-order valence-corrected chi connectivity index (χ4v) is 2.37. The highest BCUT2D eigenvalue weighted by Gasteiger charge is 2.09. The third-order valence-electron chi connectivity index (χ3n) is 3.42. The van der Waals surface area contributed by atoms with Gasteiger partial charge in [-0.05, 0) is 50.9 Å². The molecule has 2 heteroatoms. The van der Waals surface area contributed by atoms with Gasteiger partial charge in [-0.3, -0.25) is 0 Å².